The molecule has 1 aliphatic heterocycles. The van der Waals surface area contributed by atoms with E-state index in [2.05, 4.69) is 4.74 Å². The molecule has 0 bridgehead atoms. The molecule has 0 aromatic heterocycles. The molecular formula is C26H17F5O6. The van der Waals surface area contributed by atoms with E-state index in [0.717, 1.165) is 0 Å². The van der Waals surface area contributed by atoms with E-state index in [0.29, 0.717) is 17.9 Å². The van der Waals surface area contributed by atoms with E-state index in [-0.39, 0.29) is 28.4 Å². The number of hydrogen-bond donors (Lipinski definition) is 0. The van der Waals surface area contributed by atoms with Crippen LogP contribution in [0, 0.1) is 36.0 Å². The van der Waals surface area contributed by atoms with Crippen LogP contribution in [0.25, 0.3) is 6.08 Å². The first-order valence-corrected chi connectivity index (χ1v) is 10.8. The molecule has 0 spiro atoms. The van der Waals surface area contributed by atoms with E-state index in [1.807, 2.05) is 6.92 Å². The van der Waals surface area contributed by atoms with Gasteiger partial charge in [-0.15, -0.1) is 0 Å². The van der Waals surface area contributed by atoms with Crippen LogP contribution in [-0.4, -0.2) is 25.0 Å². The van der Waals surface area contributed by atoms with Gasteiger partial charge in [-0.1, -0.05) is 12.1 Å². The lowest BCUT2D eigenvalue weighted by Gasteiger charge is -2.12. The third-order valence-corrected chi connectivity index (χ3v) is 5.25. The third-order valence-electron chi connectivity index (χ3n) is 5.25. The highest BCUT2D eigenvalue weighted by Gasteiger charge is 2.31. The molecule has 0 N–H and O–H groups in total. The second-order valence-electron chi connectivity index (χ2n) is 7.67. The normalized spacial score (nSPS) is 13.4. The zero-order valence-corrected chi connectivity index (χ0v) is 19.3. The number of benzene rings is 3. The Morgan fingerprint density at radius 1 is 0.892 bits per heavy atom. The van der Waals surface area contributed by atoms with Crippen LogP contribution in [-0.2, 0) is 4.79 Å². The number of esters is 1. The summed E-state index contributed by atoms with van der Waals surface area (Å²) in [5.74, 6) is -13.7. The van der Waals surface area contributed by atoms with E-state index < -0.39 is 53.2 Å². The number of allylic oxidation sites excluding steroid dienone is 1. The van der Waals surface area contributed by atoms with Gasteiger partial charge in [0, 0.05) is 5.56 Å². The molecule has 0 atom stereocenters. The Labute approximate surface area is 206 Å². The van der Waals surface area contributed by atoms with E-state index in [4.69, 9.17) is 14.2 Å². The maximum Gasteiger partial charge on any atom is 0.349 e. The van der Waals surface area contributed by atoms with Crippen molar-refractivity contribution in [2.75, 3.05) is 13.2 Å². The molecule has 0 radical (unpaired) electrons. The minimum Gasteiger partial charge on any atom is -0.494 e. The second-order valence-corrected chi connectivity index (χ2v) is 7.67. The first-order valence-electron chi connectivity index (χ1n) is 10.8. The van der Waals surface area contributed by atoms with Crippen molar-refractivity contribution in [3.63, 3.8) is 0 Å². The topological polar surface area (TPSA) is 71.1 Å². The van der Waals surface area contributed by atoms with Crippen LogP contribution in [0.4, 0.5) is 22.0 Å². The minimum absolute atomic E-state index is 0.0281. The standard InChI is InChI=1S/C26H17F5O6/c1-3-34-14-6-4-13(5-7-14)10-17-24(33)15-8-9-16(12(2)25(15)37-17)36-18(32)11-35-26-22(30)20(28)19(27)21(29)23(26)31/h4-10H,3,11H2,1-2H3/b17-10-. The fourth-order valence-corrected chi connectivity index (χ4v) is 3.45. The van der Waals surface area contributed by atoms with Gasteiger partial charge in [0.15, 0.2) is 18.1 Å². The van der Waals surface area contributed by atoms with Crippen LogP contribution in [0.1, 0.15) is 28.4 Å². The van der Waals surface area contributed by atoms with Gasteiger partial charge < -0.3 is 18.9 Å². The van der Waals surface area contributed by atoms with Crippen molar-refractivity contribution >= 4 is 17.8 Å². The van der Waals surface area contributed by atoms with Gasteiger partial charge in [-0.2, -0.15) is 8.78 Å². The highest BCUT2D eigenvalue weighted by Crippen LogP contribution is 2.39. The molecule has 11 heteroatoms. The first kappa shape index (κ1) is 25.7. The van der Waals surface area contributed by atoms with E-state index in [9.17, 15) is 31.5 Å². The number of rotatable bonds is 7. The predicted molar refractivity (Wildman–Crippen MR) is 119 cm³/mol. The van der Waals surface area contributed by atoms with Gasteiger partial charge in [0.25, 0.3) is 0 Å². The zero-order chi connectivity index (χ0) is 26.9. The molecule has 3 aromatic rings. The quantitative estimate of drug-likeness (QED) is 0.0996. The lowest BCUT2D eigenvalue weighted by atomic mass is 10.1. The van der Waals surface area contributed by atoms with Crippen molar-refractivity contribution in [1.29, 1.82) is 0 Å². The molecule has 6 nitrogen and oxygen atoms in total. The number of ketones is 1. The summed E-state index contributed by atoms with van der Waals surface area (Å²) in [5.41, 5.74) is 1.15. The van der Waals surface area contributed by atoms with Gasteiger partial charge in [0.1, 0.15) is 17.2 Å². The summed E-state index contributed by atoms with van der Waals surface area (Å²) >= 11 is 0. The van der Waals surface area contributed by atoms with E-state index >= 15 is 0 Å². The molecule has 1 heterocycles. The largest absolute Gasteiger partial charge is 0.494 e. The van der Waals surface area contributed by atoms with Gasteiger partial charge in [0.05, 0.1) is 12.2 Å². The molecule has 0 amide bonds. The summed E-state index contributed by atoms with van der Waals surface area (Å²) in [7, 11) is 0. The molecule has 192 valence electrons. The summed E-state index contributed by atoms with van der Waals surface area (Å²) in [6.07, 6.45) is 1.53. The van der Waals surface area contributed by atoms with Gasteiger partial charge in [-0.25, -0.2) is 18.0 Å². The van der Waals surface area contributed by atoms with Gasteiger partial charge in [-0.3, -0.25) is 4.79 Å². The van der Waals surface area contributed by atoms with E-state index in [1.165, 1.54) is 25.1 Å². The number of ether oxygens (including phenoxy) is 4. The Hall–Kier alpha value is -4.41. The maximum atomic E-state index is 13.7. The molecule has 4 rings (SSSR count). The lowest BCUT2D eigenvalue weighted by Crippen LogP contribution is -2.20. The molecule has 1 aliphatic rings. The average Bonchev–Trinajstić information content (AvgIpc) is 3.20. The summed E-state index contributed by atoms with van der Waals surface area (Å²) in [4.78, 5) is 24.9. The minimum atomic E-state index is -2.36. The number of fused-ring (bicyclic) bond motifs is 1. The number of Topliss-reactive ketones (excluding diaryl/α,β-unsaturated/α-hetero) is 1. The van der Waals surface area contributed by atoms with Crippen LogP contribution >= 0.6 is 0 Å². The van der Waals surface area contributed by atoms with Crippen LogP contribution in [0.5, 0.6) is 23.0 Å². The Kier molecular flexibility index (Phi) is 7.14. The molecule has 0 aliphatic carbocycles. The van der Waals surface area contributed by atoms with Crippen LogP contribution in [0.15, 0.2) is 42.2 Å². The Balaban J connectivity index is 1.48. The SMILES string of the molecule is CCOc1ccc(/C=C2\Oc3c(ccc(OC(=O)COc4c(F)c(F)c(F)c(F)c4F)c3C)C2=O)cc1. The highest BCUT2D eigenvalue weighted by molar-refractivity contribution is 6.15. The highest BCUT2D eigenvalue weighted by atomic mass is 19.2. The number of halogens is 5. The lowest BCUT2D eigenvalue weighted by molar-refractivity contribution is -0.136. The zero-order valence-electron chi connectivity index (χ0n) is 19.3. The smallest absolute Gasteiger partial charge is 0.349 e. The first-order chi connectivity index (χ1) is 17.6. The van der Waals surface area contributed by atoms with Crippen molar-refractivity contribution in [1.82, 2.24) is 0 Å². The Morgan fingerprint density at radius 2 is 1.51 bits per heavy atom. The summed E-state index contributed by atoms with van der Waals surface area (Å²) in [6, 6.07) is 9.60. The Morgan fingerprint density at radius 3 is 2.14 bits per heavy atom. The number of carbonyl (C=O) groups excluding carboxylic acids is 2. The molecular weight excluding hydrogens is 503 g/mol. The molecule has 3 aromatic carbocycles. The van der Waals surface area contributed by atoms with Gasteiger partial charge in [0.2, 0.25) is 34.9 Å². The third kappa shape index (κ3) is 4.97. The van der Waals surface area contributed by atoms with Crippen LogP contribution in [0.2, 0.25) is 0 Å². The molecule has 0 saturated carbocycles. The maximum absolute atomic E-state index is 13.7. The van der Waals surface area contributed by atoms with Gasteiger partial charge >= 0.3 is 5.97 Å². The molecule has 0 unspecified atom stereocenters. The average molecular weight is 520 g/mol. The number of carbonyl (C=O) groups is 2. The molecule has 0 fully saturated rings. The van der Waals surface area contributed by atoms with E-state index in [1.54, 1.807) is 24.3 Å². The Bertz CT molecular complexity index is 1400. The van der Waals surface area contributed by atoms with Crippen LogP contribution in [0.3, 0.4) is 0 Å². The van der Waals surface area contributed by atoms with Gasteiger partial charge in [-0.05, 0) is 49.8 Å². The fourth-order valence-electron chi connectivity index (χ4n) is 3.45. The molecule has 37 heavy (non-hydrogen) atoms. The summed E-state index contributed by atoms with van der Waals surface area (Å²) in [6.45, 7) is 2.69. The van der Waals surface area contributed by atoms with Crippen molar-refractivity contribution in [2.45, 2.75) is 13.8 Å². The molecule has 0 saturated heterocycles. The van der Waals surface area contributed by atoms with Crippen molar-refractivity contribution in [3.8, 4) is 23.0 Å². The number of hydrogen-bond acceptors (Lipinski definition) is 6. The summed E-state index contributed by atoms with van der Waals surface area (Å²) in [5, 5.41) is 0. The predicted octanol–water partition coefficient (Wildman–Crippen LogP) is 5.69. The van der Waals surface area contributed by atoms with Crippen LogP contribution < -0.4 is 18.9 Å². The monoisotopic (exact) mass is 520 g/mol. The summed E-state index contributed by atoms with van der Waals surface area (Å²) < 4.78 is 87.8. The van der Waals surface area contributed by atoms with Crippen molar-refractivity contribution in [2.24, 2.45) is 0 Å². The second kappa shape index (κ2) is 10.3. The van der Waals surface area contributed by atoms with Crippen molar-refractivity contribution < 1.29 is 50.5 Å². The van der Waals surface area contributed by atoms with Crippen molar-refractivity contribution in [3.05, 3.63) is 87.9 Å². The fraction of sp³-hybridized carbons (Fsp3) is 0.154.